The number of nitrogens with one attached hydrogen (secondary N) is 2. The number of amides is 1. The molecule has 33 heavy (non-hydrogen) atoms. The molecule has 174 valence electrons. The van der Waals surface area contributed by atoms with Crippen molar-refractivity contribution in [1.82, 2.24) is 15.0 Å². The van der Waals surface area contributed by atoms with Crippen molar-refractivity contribution < 1.29 is 18.5 Å². The van der Waals surface area contributed by atoms with Crippen LogP contribution in [0.1, 0.15) is 43.7 Å². The molecule has 2 aromatic carbocycles. The predicted molar refractivity (Wildman–Crippen MR) is 126 cm³/mol. The predicted octanol–water partition coefficient (Wildman–Crippen LogP) is 3.75. The third kappa shape index (κ3) is 6.16. The maximum absolute atomic E-state index is 12.9. The van der Waals surface area contributed by atoms with Gasteiger partial charge in [-0.15, -0.1) is 0 Å². The molecule has 7 nitrogen and oxygen atoms in total. The minimum Gasteiger partial charge on any atom is -0.451 e. The van der Waals surface area contributed by atoms with Gasteiger partial charge in [0.25, 0.3) is 0 Å². The Morgan fingerprint density at radius 2 is 1.82 bits per heavy atom. The molecule has 1 fully saturated rings. The fourth-order valence-corrected chi connectivity index (χ4v) is 5.28. The summed E-state index contributed by atoms with van der Waals surface area (Å²) in [6.07, 6.45) is 6.51. The molecule has 0 spiro atoms. The summed E-state index contributed by atoms with van der Waals surface area (Å²) in [5.74, 6) is -0.0385. The van der Waals surface area contributed by atoms with E-state index in [1.54, 1.807) is 6.26 Å². The lowest BCUT2D eigenvalue weighted by Gasteiger charge is -2.29. The number of benzene rings is 2. The fourth-order valence-electron chi connectivity index (χ4n) is 4.22. The Labute approximate surface area is 196 Å². The van der Waals surface area contributed by atoms with E-state index in [4.69, 9.17) is 4.42 Å². The van der Waals surface area contributed by atoms with Crippen molar-refractivity contribution in [2.75, 3.05) is 6.61 Å². The zero-order chi connectivity index (χ0) is 23.0. The molecule has 0 bridgehead atoms. The molecule has 1 aromatic heterocycles. The topological polar surface area (TPSA) is 104 Å². The molecule has 1 aliphatic rings. The highest BCUT2D eigenvalue weighted by atomic mass is 32.2. The lowest BCUT2D eigenvalue weighted by Crippen LogP contribution is -2.40. The first-order valence-electron chi connectivity index (χ1n) is 11.3. The van der Waals surface area contributed by atoms with Crippen LogP contribution in [0, 0.1) is 5.92 Å². The largest absolute Gasteiger partial charge is 0.451 e. The first-order valence-corrected chi connectivity index (χ1v) is 12.4. The number of nitrogens with zero attached hydrogens (tertiary/aromatic N) is 1. The molecule has 1 saturated carbocycles. The van der Waals surface area contributed by atoms with Crippen LogP contribution in [-0.2, 0) is 15.8 Å². The van der Waals surface area contributed by atoms with Crippen molar-refractivity contribution in [2.45, 2.75) is 49.1 Å². The SMILES string of the molecule is O=C(N[C@H](CCO)c1ccccc1)C1CCC(NS(=O)c2ccc(-c3cocn3)cc2)CC1. The minimum absolute atomic E-state index is 0.0158. The van der Waals surface area contributed by atoms with Gasteiger partial charge in [-0.2, -0.15) is 0 Å². The van der Waals surface area contributed by atoms with Crippen molar-refractivity contribution in [3.63, 3.8) is 0 Å². The summed E-state index contributed by atoms with van der Waals surface area (Å²) >= 11 is 0. The van der Waals surface area contributed by atoms with Gasteiger partial charge in [0, 0.05) is 24.1 Å². The normalized spacial score (nSPS) is 20.2. The highest BCUT2D eigenvalue weighted by Gasteiger charge is 2.28. The van der Waals surface area contributed by atoms with Crippen LogP contribution in [0.15, 0.2) is 76.6 Å². The first-order chi connectivity index (χ1) is 16.1. The summed E-state index contributed by atoms with van der Waals surface area (Å²) in [5, 5.41) is 12.5. The minimum atomic E-state index is -1.32. The molecule has 2 atom stereocenters. The monoisotopic (exact) mass is 467 g/mol. The molecule has 3 N–H and O–H groups in total. The van der Waals surface area contributed by atoms with Crippen LogP contribution in [-0.4, -0.2) is 32.9 Å². The second-order valence-corrected chi connectivity index (χ2v) is 9.56. The summed E-state index contributed by atoms with van der Waals surface area (Å²) in [6, 6.07) is 17.1. The molecule has 0 radical (unpaired) electrons. The Morgan fingerprint density at radius 1 is 1.09 bits per heavy atom. The summed E-state index contributed by atoms with van der Waals surface area (Å²) in [4.78, 5) is 17.7. The van der Waals surface area contributed by atoms with Crippen LogP contribution < -0.4 is 10.0 Å². The van der Waals surface area contributed by atoms with E-state index in [0.717, 1.165) is 42.5 Å². The van der Waals surface area contributed by atoms with Gasteiger partial charge in [0.15, 0.2) is 6.39 Å². The van der Waals surface area contributed by atoms with Crippen molar-refractivity contribution in [1.29, 1.82) is 0 Å². The molecule has 1 aliphatic carbocycles. The molecule has 1 amide bonds. The van der Waals surface area contributed by atoms with E-state index < -0.39 is 11.0 Å². The van der Waals surface area contributed by atoms with Gasteiger partial charge in [0.2, 0.25) is 5.91 Å². The van der Waals surface area contributed by atoms with Crippen molar-refractivity contribution >= 4 is 16.9 Å². The Kier molecular flexibility index (Phi) is 8.04. The van der Waals surface area contributed by atoms with Gasteiger partial charge in [0.1, 0.15) is 22.9 Å². The zero-order valence-electron chi connectivity index (χ0n) is 18.4. The Bertz CT molecular complexity index is 1030. The van der Waals surface area contributed by atoms with E-state index in [1.807, 2.05) is 54.6 Å². The molecule has 8 heteroatoms. The number of carbonyl (C=O) groups excluding carboxylic acids is 1. The third-order valence-corrected chi connectivity index (χ3v) is 7.35. The number of rotatable bonds is 9. The zero-order valence-corrected chi connectivity index (χ0v) is 19.2. The van der Waals surface area contributed by atoms with E-state index in [2.05, 4.69) is 15.0 Å². The molecule has 1 heterocycles. The molecular weight excluding hydrogens is 438 g/mol. The second-order valence-electron chi connectivity index (χ2n) is 8.32. The van der Waals surface area contributed by atoms with E-state index in [1.165, 1.54) is 6.39 Å². The molecule has 4 rings (SSSR count). The number of aromatic nitrogens is 1. The van der Waals surface area contributed by atoms with Crippen molar-refractivity contribution in [3.8, 4) is 11.3 Å². The van der Waals surface area contributed by atoms with Gasteiger partial charge in [-0.25, -0.2) is 13.9 Å². The number of hydrogen-bond acceptors (Lipinski definition) is 5. The van der Waals surface area contributed by atoms with Gasteiger partial charge in [-0.1, -0.05) is 42.5 Å². The lowest BCUT2D eigenvalue weighted by atomic mass is 9.85. The third-order valence-electron chi connectivity index (χ3n) is 6.10. The van der Waals surface area contributed by atoms with Crippen LogP contribution in [0.2, 0.25) is 0 Å². The summed E-state index contributed by atoms with van der Waals surface area (Å²) in [7, 11) is -1.32. The quantitative estimate of drug-likeness (QED) is 0.445. The highest BCUT2D eigenvalue weighted by Crippen LogP contribution is 2.27. The number of aliphatic hydroxyl groups is 1. The van der Waals surface area contributed by atoms with Crippen LogP contribution in [0.3, 0.4) is 0 Å². The van der Waals surface area contributed by atoms with Crippen LogP contribution in [0.4, 0.5) is 0 Å². The van der Waals surface area contributed by atoms with Gasteiger partial charge in [-0.05, 0) is 49.8 Å². The molecule has 0 saturated heterocycles. The summed E-state index contributed by atoms with van der Waals surface area (Å²) in [6.45, 7) is 0.0158. The van der Waals surface area contributed by atoms with E-state index in [0.29, 0.717) is 11.3 Å². The molecule has 1 unspecified atom stereocenters. The maximum Gasteiger partial charge on any atom is 0.223 e. The fraction of sp³-hybridized carbons (Fsp3) is 0.360. The van der Waals surface area contributed by atoms with Gasteiger partial charge >= 0.3 is 0 Å². The highest BCUT2D eigenvalue weighted by molar-refractivity contribution is 7.83. The van der Waals surface area contributed by atoms with E-state index in [-0.39, 0.29) is 30.5 Å². The standard InChI is InChI=1S/C25H29N3O4S/c29-15-14-23(18-4-2-1-3-5-18)27-25(30)20-6-10-21(11-7-20)28-33(31)22-12-8-19(9-13-22)24-16-32-17-26-24/h1-5,8-9,12-13,16-17,20-21,23,28-29H,6-7,10-11,14-15H2,(H,27,30)/t20?,21?,23-,33?/m1/s1. The summed E-state index contributed by atoms with van der Waals surface area (Å²) in [5.41, 5.74) is 2.65. The van der Waals surface area contributed by atoms with E-state index in [9.17, 15) is 14.1 Å². The molecule has 3 aromatic rings. The van der Waals surface area contributed by atoms with Gasteiger partial charge < -0.3 is 14.8 Å². The second kappa shape index (κ2) is 11.4. The number of aliphatic hydroxyl groups excluding tert-OH is 1. The van der Waals surface area contributed by atoms with Crippen LogP contribution in [0.25, 0.3) is 11.3 Å². The number of carbonyl (C=O) groups is 1. The van der Waals surface area contributed by atoms with Gasteiger partial charge in [0.05, 0.1) is 10.9 Å². The molecule has 0 aliphatic heterocycles. The van der Waals surface area contributed by atoms with Crippen molar-refractivity contribution in [3.05, 3.63) is 72.8 Å². The maximum atomic E-state index is 12.9. The lowest BCUT2D eigenvalue weighted by molar-refractivity contribution is -0.126. The van der Waals surface area contributed by atoms with Crippen LogP contribution >= 0.6 is 0 Å². The van der Waals surface area contributed by atoms with Crippen LogP contribution in [0.5, 0.6) is 0 Å². The Morgan fingerprint density at radius 3 is 2.45 bits per heavy atom. The average Bonchev–Trinajstić information content (AvgIpc) is 3.40. The number of hydrogen-bond donors (Lipinski definition) is 3. The summed E-state index contributed by atoms with van der Waals surface area (Å²) < 4.78 is 21.0. The first kappa shape index (κ1) is 23.4. The van der Waals surface area contributed by atoms with Gasteiger partial charge in [-0.3, -0.25) is 4.79 Å². The average molecular weight is 468 g/mol. The van der Waals surface area contributed by atoms with Crippen molar-refractivity contribution in [2.24, 2.45) is 5.92 Å². The Hall–Kier alpha value is -2.81. The van der Waals surface area contributed by atoms with E-state index >= 15 is 0 Å². The molecular formula is C25H29N3O4S. The Balaban J connectivity index is 1.27. The number of oxazole rings is 1. The smallest absolute Gasteiger partial charge is 0.223 e.